The molecule has 4 heteroatoms. The van der Waals surface area contributed by atoms with E-state index in [-0.39, 0.29) is 12.4 Å². The predicted molar refractivity (Wildman–Crippen MR) is 61.3 cm³/mol. The van der Waals surface area contributed by atoms with E-state index in [1.165, 1.54) is 7.11 Å². The van der Waals surface area contributed by atoms with Gasteiger partial charge < -0.3 is 4.74 Å². The van der Waals surface area contributed by atoms with Crippen molar-refractivity contribution in [2.45, 2.75) is 19.8 Å². The van der Waals surface area contributed by atoms with Crippen molar-refractivity contribution in [2.24, 2.45) is 0 Å². The number of halogens is 1. The number of hydrogen-bond donors (Lipinski definition) is 0. The monoisotopic (exact) mass is 237 g/mol. The minimum absolute atomic E-state index is 0.0763. The molecule has 1 aromatic rings. The molecule has 0 atom stereocenters. The largest absolute Gasteiger partial charge is 0.469 e. The van der Waals surface area contributed by atoms with E-state index < -0.39 is 0 Å². The van der Waals surface area contributed by atoms with Gasteiger partial charge in [0.15, 0.2) is 0 Å². The normalized spacial score (nSPS) is 9.62. The molecule has 0 N–H and O–H groups in total. The molecule has 84 valence electrons. The quantitative estimate of drug-likeness (QED) is 0.759. The number of benzene rings is 1. The van der Waals surface area contributed by atoms with Crippen LogP contribution in [-0.4, -0.2) is 13.1 Å². The molecule has 16 heavy (non-hydrogen) atoms. The number of nitriles is 1. The summed E-state index contributed by atoms with van der Waals surface area (Å²) in [7, 11) is 1.32. The molecule has 0 saturated heterocycles. The zero-order valence-corrected chi connectivity index (χ0v) is 9.97. The van der Waals surface area contributed by atoms with Crippen LogP contribution in [0.5, 0.6) is 0 Å². The maximum absolute atomic E-state index is 11.2. The summed E-state index contributed by atoms with van der Waals surface area (Å²) in [5.74, 6) is -0.374. The lowest BCUT2D eigenvalue weighted by atomic mass is 9.98. The van der Waals surface area contributed by atoms with Gasteiger partial charge in [-0.15, -0.1) is 0 Å². The first-order valence-corrected chi connectivity index (χ1v) is 5.28. The molecule has 1 rings (SSSR count). The molecule has 0 bridgehead atoms. The fraction of sp³-hybridized carbons (Fsp3) is 0.333. The van der Waals surface area contributed by atoms with Gasteiger partial charge in [-0.05, 0) is 29.7 Å². The molecule has 0 radical (unpaired) electrons. The topological polar surface area (TPSA) is 50.1 Å². The lowest BCUT2D eigenvalue weighted by Gasteiger charge is -2.08. The summed E-state index contributed by atoms with van der Waals surface area (Å²) in [4.78, 5) is 11.2. The van der Waals surface area contributed by atoms with E-state index in [9.17, 15) is 4.79 Å². The Morgan fingerprint density at radius 2 is 2.12 bits per heavy atom. The molecule has 0 aliphatic heterocycles. The number of methoxy groups -OCH3 is 1. The number of rotatable bonds is 3. The predicted octanol–water partition coefficient (Wildman–Crippen LogP) is 2.49. The van der Waals surface area contributed by atoms with Crippen LogP contribution in [0, 0.1) is 11.3 Å². The van der Waals surface area contributed by atoms with Crippen LogP contribution >= 0.6 is 11.6 Å². The van der Waals surface area contributed by atoms with Crippen LogP contribution in [0.25, 0.3) is 0 Å². The molecule has 0 heterocycles. The van der Waals surface area contributed by atoms with Gasteiger partial charge in [0.05, 0.1) is 25.2 Å². The Balaban J connectivity index is 3.21. The molecule has 0 amide bonds. The number of hydrogen-bond acceptors (Lipinski definition) is 3. The van der Waals surface area contributed by atoms with Crippen molar-refractivity contribution in [3.05, 3.63) is 33.8 Å². The van der Waals surface area contributed by atoms with Crippen molar-refractivity contribution in [3.63, 3.8) is 0 Å². The average Bonchev–Trinajstić information content (AvgIpc) is 2.28. The first kappa shape index (κ1) is 12.5. The lowest BCUT2D eigenvalue weighted by molar-refractivity contribution is -0.139. The van der Waals surface area contributed by atoms with E-state index in [1.54, 1.807) is 12.1 Å². The second-order valence-corrected chi connectivity index (χ2v) is 3.75. The maximum atomic E-state index is 11.2. The third-order valence-corrected chi connectivity index (χ3v) is 2.54. The fourth-order valence-electron chi connectivity index (χ4n) is 1.51. The van der Waals surface area contributed by atoms with Gasteiger partial charge in [-0.3, -0.25) is 4.79 Å². The Morgan fingerprint density at radius 1 is 1.50 bits per heavy atom. The van der Waals surface area contributed by atoms with Crippen LogP contribution in [0.1, 0.15) is 23.6 Å². The van der Waals surface area contributed by atoms with Crippen LogP contribution in [0.15, 0.2) is 12.1 Å². The van der Waals surface area contributed by atoms with E-state index in [2.05, 4.69) is 10.8 Å². The zero-order valence-electron chi connectivity index (χ0n) is 9.21. The molecular formula is C12H12ClNO2. The Bertz CT molecular complexity index is 449. The highest BCUT2D eigenvalue weighted by Gasteiger charge is 2.12. The average molecular weight is 238 g/mol. The molecule has 0 aliphatic rings. The summed E-state index contributed by atoms with van der Waals surface area (Å²) < 4.78 is 4.58. The summed E-state index contributed by atoms with van der Waals surface area (Å²) in [6.45, 7) is 1.94. The van der Waals surface area contributed by atoms with E-state index in [4.69, 9.17) is 16.9 Å². The number of esters is 1. The number of aryl methyl sites for hydroxylation is 1. The number of carbonyl (C=O) groups excluding carboxylic acids is 1. The van der Waals surface area contributed by atoms with Gasteiger partial charge in [0.25, 0.3) is 0 Å². The third-order valence-electron chi connectivity index (χ3n) is 2.32. The molecule has 3 nitrogen and oxygen atoms in total. The summed E-state index contributed by atoms with van der Waals surface area (Å²) in [6, 6.07) is 5.49. The van der Waals surface area contributed by atoms with Crippen LogP contribution in [0.3, 0.4) is 0 Å². The van der Waals surface area contributed by atoms with E-state index in [0.29, 0.717) is 22.6 Å². The smallest absolute Gasteiger partial charge is 0.310 e. The molecule has 0 saturated carbocycles. The van der Waals surface area contributed by atoms with Crippen molar-refractivity contribution in [3.8, 4) is 6.07 Å². The van der Waals surface area contributed by atoms with Gasteiger partial charge in [-0.25, -0.2) is 0 Å². The summed E-state index contributed by atoms with van der Waals surface area (Å²) in [5, 5.41) is 9.60. The van der Waals surface area contributed by atoms with Crippen molar-refractivity contribution in [1.82, 2.24) is 0 Å². The fourth-order valence-corrected chi connectivity index (χ4v) is 1.78. The van der Waals surface area contributed by atoms with Crippen LogP contribution < -0.4 is 0 Å². The highest BCUT2D eigenvalue weighted by atomic mass is 35.5. The maximum Gasteiger partial charge on any atom is 0.310 e. The van der Waals surface area contributed by atoms with Crippen molar-refractivity contribution >= 4 is 17.6 Å². The first-order valence-electron chi connectivity index (χ1n) is 4.90. The molecule has 1 aromatic carbocycles. The molecule has 0 spiro atoms. The van der Waals surface area contributed by atoms with Gasteiger partial charge in [-0.1, -0.05) is 18.5 Å². The Labute approximate surface area is 99.6 Å². The highest BCUT2D eigenvalue weighted by molar-refractivity contribution is 6.30. The van der Waals surface area contributed by atoms with Gasteiger partial charge in [0.1, 0.15) is 0 Å². The second kappa shape index (κ2) is 5.53. The summed E-state index contributed by atoms with van der Waals surface area (Å²) in [5.41, 5.74) is 2.00. The summed E-state index contributed by atoms with van der Waals surface area (Å²) >= 11 is 5.92. The Morgan fingerprint density at radius 3 is 2.62 bits per heavy atom. The van der Waals surface area contributed by atoms with Gasteiger partial charge in [0, 0.05) is 5.02 Å². The van der Waals surface area contributed by atoms with Crippen LogP contribution in [0.2, 0.25) is 5.02 Å². The van der Waals surface area contributed by atoms with Crippen LogP contribution in [-0.2, 0) is 22.4 Å². The number of ether oxygens (including phenoxy) is 1. The van der Waals surface area contributed by atoms with Crippen molar-refractivity contribution in [1.29, 1.82) is 5.26 Å². The Kier molecular flexibility index (Phi) is 4.33. The molecule has 0 aromatic heterocycles. The minimum Gasteiger partial charge on any atom is -0.469 e. The minimum atomic E-state index is -0.374. The summed E-state index contributed by atoms with van der Waals surface area (Å²) in [6.07, 6.45) is 0.782. The Hall–Kier alpha value is -1.53. The van der Waals surface area contributed by atoms with E-state index >= 15 is 0 Å². The van der Waals surface area contributed by atoms with E-state index in [1.807, 2.05) is 6.92 Å². The van der Waals surface area contributed by atoms with Gasteiger partial charge >= 0.3 is 5.97 Å². The highest BCUT2D eigenvalue weighted by Crippen LogP contribution is 2.22. The SMILES string of the molecule is CCc1cc(Cl)cc(CC(=O)OC)c1C#N. The lowest BCUT2D eigenvalue weighted by Crippen LogP contribution is -2.07. The molecule has 0 fully saturated rings. The van der Waals surface area contributed by atoms with Gasteiger partial charge in [-0.2, -0.15) is 5.26 Å². The van der Waals surface area contributed by atoms with Gasteiger partial charge in [0.2, 0.25) is 0 Å². The molecular weight excluding hydrogens is 226 g/mol. The van der Waals surface area contributed by atoms with Crippen LogP contribution in [0.4, 0.5) is 0 Å². The second-order valence-electron chi connectivity index (χ2n) is 3.32. The van der Waals surface area contributed by atoms with Crippen molar-refractivity contribution < 1.29 is 9.53 Å². The van der Waals surface area contributed by atoms with E-state index in [0.717, 1.165) is 5.56 Å². The number of nitrogens with zero attached hydrogens (tertiary/aromatic N) is 1. The van der Waals surface area contributed by atoms with Crippen molar-refractivity contribution in [2.75, 3.05) is 7.11 Å². The zero-order chi connectivity index (χ0) is 12.1. The first-order chi connectivity index (χ1) is 7.62. The molecule has 0 unspecified atom stereocenters. The molecule has 0 aliphatic carbocycles. The third kappa shape index (κ3) is 2.74. The number of carbonyl (C=O) groups is 1. The standard InChI is InChI=1S/C12H12ClNO2/c1-3-8-4-10(13)5-9(11(8)7-14)6-12(15)16-2/h4-5H,3,6H2,1-2H3.